The molecule has 1 N–H and O–H groups in total. The van der Waals surface area contributed by atoms with Crippen molar-refractivity contribution in [3.63, 3.8) is 0 Å². The molecule has 0 aliphatic carbocycles. The molecular formula is C21H26FN3O2. The highest BCUT2D eigenvalue weighted by Gasteiger charge is 2.23. The molecule has 1 fully saturated rings. The van der Waals surface area contributed by atoms with Crippen LogP contribution < -0.4 is 0 Å². The Morgan fingerprint density at radius 3 is 2.41 bits per heavy atom. The first-order valence-electron chi connectivity index (χ1n) is 9.33. The number of rotatable bonds is 3. The van der Waals surface area contributed by atoms with Crippen LogP contribution in [0.1, 0.15) is 39.3 Å². The van der Waals surface area contributed by atoms with Crippen LogP contribution in [0.4, 0.5) is 4.39 Å². The average molecular weight is 371 g/mol. The highest BCUT2D eigenvalue weighted by atomic mass is 19.1. The molecule has 0 saturated carbocycles. The maximum Gasteiger partial charge on any atom is 0.253 e. The minimum Gasteiger partial charge on any atom is -0.362 e. The van der Waals surface area contributed by atoms with Gasteiger partial charge in [-0.3, -0.25) is 9.59 Å². The number of aromatic nitrogens is 1. The van der Waals surface area contributed by atoms with E-state index < -0.39 is 0 Å². The zero-order valence-corrected chi connectivity index (χ0v) is 16.1. The number of benzene rings is 1. The molecule has 1 aromatic heterocycles. The van der Waals surface area contributed by atoms with E-state index in [0.29, 0.717) is 43.7 Å². The molecule has 1 aliphatic rings. The van der Waals surface area contributed by atoms with E-state index in [1.54, 1.807) is 17.9 Å². The third-order valence-electron chi connectivity index (χ3n) is 5.14. The van der Waals surface area contributed by atoms with Gasteiger partial charge in [0, 0.05) is 43.1 Å². The van der Waals surface area contributed by atoms with Gasteiger partial charge in [0.15, 0.2) is 0 Å². The first kappa shape index (κ1) is 19.1. The van der Waals surface area contributed by atoms with Crippen LogP contribution in [0.2, 0.25) is 0 Å². The summed E-state index contributed by atoms with van der Waals surface area (Å²) in [6.07, 6.45) is 1.12. The largest absolute Gasteiger partial charge is 0.362 e. The van der Waals surface area contributed by atoms with Crippen molar-refractivity contribution < 1.29 is 14.0 Å². The number of carbonyl (C=O) groups excluding carboxylic acids is 2. The first-order chi connectivity index (χ1) is 12.8. The van der Waals surface area contributed by atoms with Crippen molar-refractivity contribution in [3.05, 3.63) is 58.2 Å². The zero-order valence-electron chi connectivity index (χ0n) is 16.1. The Labute approximate surface area is 159 Å². The summed E-state index contributed by atoms with van der Waals surface area (Å²) in [5.74, 6) is -0.331. The number of aryl methyl sites for hydroxylation is 3. The normalized spacial score (nSPS) is 15.0. The second kappa shape index (κ2) is 7.94. The lowest BCUT2D eigenvalue weighted by Gasteiger charge is -2.22. The molecular weight excluding hydrogens is 345 g/mol. The number of hydrogen-bond acceptors (Lipinski definition) is 2. The average Bonchev–Trinajstić information content (AvgIpc) is 2.83. The molecule has 0 bridgehead atoms. The van der Waals surface area contributed by atoms with Crippen LogP contribution in [0.15, 0.2) is 24.3 Å². The molecule has 144 valence electrons. The molecule has 2 amide bonds. The summed E-state index contributed by atoms with van der Waals surface area (Å²) < 4.78 is 13.4. The van der Waals surface area contributed by atoms with E-state index in [9.17, 15) is 14.0 Å². The van der Waals surface area contributed by atoms with E-state index in [0.717, 1.165) is 23.4 Å². The Bertz CT molecular complexity index is 859. The molecule has 1 aromatic carbocycles. The van der Waals surface area contributed by atoms with Crippen molar-refractivity contribution in [2.45, 2.75) is 33.6 Å². The number of H-pyrrole nitrogens is 1. The van der Waals surface area contributed by atoms with Gasteiger partial charge in [0.1, 0.15) is 5.82 Å². The van der Waals surface area contributed by atoms with E-state index in [2.05, 4.69) is 4.98 Å². The Hall–Kier alpha value is -2.63. The van der Waals surface area contributed by atoms with Gasteiger partial charge in [-0.05, 0) is 62.6 Å². The predicted molar refractivity (Wildman–Crippen MR) is 102 cm³/mol. The van der Waals surface area contributed by atoms with Crippen molar-refractivity contribution in [1.82, 2.24) is 14.8 Å². The van der Waals surface area contributed by atoms with Crippen molar-refractivity contribution in [3.8, 4) is 0 Å². The zero-order chi connectivity index (χ0) is 19.6. The van der Waals surface area contributed by atoms with Gasteiger partial charge in [-0.25, -0.2) is 4.39 Å². The van der Waals surface area contributed by atoms with Crippen molar-refractivity contribution >= 4 is 11.8 Å². The molecule has 1 saturated heterocycles. The highest BCUT2D eigenvalue weighted by molar-refractivity contribution is 5.94. The van der Waals surface area contributed by atoms with Gasteiger partial charge in [0.2, 0.25) is 5.91 Å². The van der Waals surface area contributed by atoms with Gasteiger partial charge in [0.25, 0.3) is 5.91 Å². The number of amides is 2. The third kappa shape index (κ3) is 4.38. The van der Waals surface area contributed by atoms with Crippen LogP contribution in [0, 0.1) is 26.6 Å². The monoisotopic (exact) mass is 371 g/mol. The molecule has 1 aliphatic heterocycles. The topological polar surface area (TPSA) is 56.4 Å². The van der Waals surface area contributed by atoms with Gasteiger partial charge in [0.05, 0.1) is 6.42 Å². The molecule has 2 aromatic rings. The minimum absolute atomic E-state index is 0.0871. The maximum absolute atomic E-state index is 13.4. The fraction of sp³-hybridized carbons (Fsp3) is 0.429. The van der Waals surface area contributed by atoms with Gasteiger partial charge >= 0.3 is 0 Å². The van der Waals surface area contributed by atoms with Crippen LogP contribution in [0.3, 0.4) is 0 Å². The second-order valence-electron chi connectivity index (χ2n) is 7.27. The molecule has 0 radical (unpaired) electrons. The maximum atomic E-state index is 13.4. The van der Waals surface area contributed by atoms with Crippen molar-refractivity contribution in [2.75, 3.05) is 26.2 Å². The van der Waals surface area contributed by atoms with Gasteiger partial charge in [-0.15, -0.1) is 0 Å². The molecule has 0 spiro atoms. The van der Waals surface area contributed by atoms with Crippen molar-refractivity contribution in [2.24, 2.45) is 0 Å². The molecule has 27 heavy (non-hydrogen) atoms. The molecule has 2 heterocycles. The lowest BCUT2D eigenvalue weighted by atomic mass is 10.1. The van der Waals surface area contributed by atoms with Gasteiger partial charge in [-0.2, -0.15) is 0 Å². The smallest absolute Gasteiger partial charge is 0.253 e. The quantitative estimate of drug-likeness (QED) is 0.902. The number of halogens is 1. The lowest BCUT2D eigenvalue weighted by molar-refractivity contribution is -0.130. The second-order valence-corrected chi connectivity index (χ2v) is 7.27. The Morgan fingerprint density at radius 2 is 1.74 bits per heavy atom. The van der Waals surface area contributed by atoms with Crippen molar-refractivity contribution in [1.29, 1.82) is 0 Å². The minimum atomic E-state index is -0.311. The summed E-state index contributed by atoms with van der Waals surface area (Å²) in [4.78, 5) is 32.2. The fourth-order valence-corrected chi connectivity index (χ4v) is 3.57. The number of hydrogen-bond donors (Lipinski definition) is 1. The predicted octanol–water partition coefficient (Wildman–Crippen LogP) is 3.00. The fourth-order valence-electron chi connectivity index (χ4n) is 3.57. The van der Waals surface area contributed by atoms with E-state index in [1.807, 2.05) is 24.8 Å². The molecule has 0 atom stereocenters. The van der Waals surface area contributed by atoms with Crippen LogP contribution in [0.25, 0.3) is 0 Å². The molecule has 3 rings (SSSR count). The van der Waals surface area contributed by atoms with E-state index in [-0.39, 0.29) is 17.6 Å². The summed E-state index contributed by atoms with van der Waals surface area (Å²) in [5, 5.41) is 0. The van der Waals surface area contributed by atoms with Gasteiger partial charge < -0.3 is 14.8 Å². The summed E-state index contributed by atoms with van der Waals surface area (Å²) in [6.45, 7) is 7.87. The summed E-state index contributed by atoms with van der Waals surface area (Å²) in [5.41, 5.74) is 4.06. The number of nitrogens with zero attached hydrogens (tertiary/aromatic N) is 2. The molecule has 5 nitrogen and oxygen atoms in total. The standard InChI is InChI=1S/C21H26FN3O2/c1-14-11-17(5-6-19(14)22)21(27)25-8-4-7-24(9-10-25)20(26)13-18-12-15(2)23-16(18)3/h5-6,11-12,23H,4,7-10,13H2,1-3H3. The highest BCUT2D eigenvalue weighted by Crippen LogP contribution is 2.15. The van der Waals surface area contributed by atoms with E-state index in [1.165, 1.54) is 12.1 Å². The summed E-state index contributed by atoms with van der Waals surface area (Å²) >= 11 is 0. The molecule has 0 unspecified atom stereocenters. The van der Waals surface area contributed by atoms with E-state index in [4.69, 9.17) is 0 Å². The van der Waals surface area contributed by atoms with Crippen LogP contribution in [-0.4, -0.2) is 52.8 Å². The van der Waals surface area contributed by atoms with Gasteiger partial charge in [-0.1, -0.05) is 0 Å². The van der Waals surface area contributed by atoms with Crippen LogP contribution >= 0.6 is 0 Å². The van der Waals surface area contributed by atoms with Crippen LogP contribution in [-0.2, 0) is 11.2 Å². The lowest BCUT2D eigenvalue weighted by Crippen LogP contribution is -2.38. The Balaban J connectivity index is 1.62. The SMILES string of the molecule is Cc1cc(CC(=O)N2CCCN(C(=O)c3ccc(F)c(C)c3)CC2)c(C)[nH]1. The summed E-state index contributed by atoms with van der Waals surface area (Å²) in [7, 11) is 0. The number of aromatic amines is 1. The third-order valence-corrected chi connectivity index (χ3v) is 5.14. The first-order valence-corrected chi connectivity index (χ1v) is 9.33. The Morgan fingerprint density at radius 1 is 1.04 bits per heavy atom. The number of carbonyl (C=O) groups is 2. The van der Waals surface area contributed by atoms with Crippen LogP contribution in [0.5, 0.6) is 0 Å². The summed E-state index contributed by atoms with van der Waals surface area (Å²) in [6, 6.07) is 6.45. The Kier molecular flexibility index (Phi) is 5.63. The molecule has 6 heteroatoms. The van der Waals surface area contributed by atoms with E-state index >= 15 is 0 Å². The number of nitrogens with one attached hydrogen (secondary N) is 1.